The maximum absolute atomic E-state index is 11.9. The van der Waals surface area contributed by atoms with Gasteiger partial charge in [-0.15, -0.1) is 0 Å². The molecule has 1 amide bonds. The fourth-order valence-corrected chi connectivity index (χ4v) is 2.76. The van der Waals surface area contributed by atoms with Crippen LogP contribution in [0.4, 0.5) is 0 Å². The molecule has 2 heterocycles. The van der Waals surface area contributed by atoms with Crippen molar-refractivity contribution < 1.29 is 17.9 Å². The van der Waals surface area contributed by atoms with Gasteiger partial charge in [-0.25, -0.2) is 8.42 Å². The zero-order valence-corrected chi connectivity index (χ0v) is 11.9. The fraction of sp³-hybridized carbons (Fsp3) is 0.545. The summed E-state index contributed by atoms with van der Waals surface area (Å²) in [4.78, 5) is 14.4. The van der Waals surface area contributed by atoms with Crippen LogP contribution in [0.5, 0.6) is 0 Å². The number of hydrogen-bond acceptors (Lipinski definition) is 4. The monoisotopic (exact) mass is 306 g/mol. The molecular formula is C11H15ClN2O4S. The van der Waals surface area contributed by atoms with Gasteiger partial charge in [0.05, 0.1) is 6.10 Å². The van der Waals surface area contributed by atoms with E-state index in [1.165, 1.54) is 12.3 Å². The first-order valence-corrected chi connectivity index (χ1v) is 8.23. The van der Waals surface area contributed by atoms with Crippen molar-refractivity contribution in [1.29, 1.82) is 0 Å². The molecular weight excluding hydrogens is 292 g/mol. The van der Waals surface area contributed by atoms with Crippen molar-refractivity contribution >= 4 is 25.6 Å². The Hall–Kier alpha value is -1.05. The molecule has 2 atom stereocenters. The molecule has 1 aliphatic heterocycles. The Labute approximate surface area is 115 Å². The van der Waals surface area contributed by atoms with Crippen LogP contribution >= 0.6 is 10.7 Å². The van der Waals surface area contributed by atoms with E-state index in [0.717, 1.165) is 12.8 Å². The van der Waals surface area contributed by atoms with Crippen molar-refractivity contribution in [3.8, 4) is 0 Å². The van der Waals surface area contributed by atoms with Crippen molar-refractivity contribution in [3.63, 3.8) is 0 Å². The first kappa shape index (κ1) is 14.4. The van der Waals surface area contributed by atoms with Crippen molar-refractivity contribution in [3.05, 3.63) is 18.0 Å². The molecule has 0 saturated carbocycles. The van der Waals surface area contributed by atoms with E-state index in [0.29, 0.717) is 6.61 Å². The first-order chi connectivity index (χ1) is 8.86. The van der Waals surface area contributed by atoms with E-state index in [4.69, 9.17) is 15.4 Å². The second-order valence-electron chi connectivity index (χ2n) is 4.56. The summed E-state index contributed by atoms with van der Waals surface area (Å²) in [6.45, 7) is 2.56. The number of aromatic nitrogens is 1. The van der Waals surface area contributed by atoms with E-state index >= 15 is 0 Å². The summed E-state index contributed by atoms with van der Waals surface area (Å²) in [5.41, 5.74) is 0.179. The minimum absolute atomic E-state index is 0.0376. The number of aromatic amines is 1. The largest absolute Gasteiger partial charge is 0.378 e. The maximum Gasteiger partial charge on any atom is 0.267 e. The summed E-state index contributed by atoms with van der Waals surface area (Å²) in [6, 6.07) is 1.26. The molecule has 2 rings (SSSR count). The third-order valence-corrected chi connectivity index (χ3v) is 4.34. The predicted molar refractivity (Wildman–Crippen MR) is 69.7 cm³/mol. The van der Waals surface area contributed by atoms with E-state index < -0.39 is 9.05 Å². The molecule has 1 aromatic heterocycles. The molecule has 1 aliphatic rings. The minimum atomic E-state index is -3.82. The summed E-state index contributed by atoms with van der Waals surface area (Å²) in [5, 5.41) is 2.84. The molecule has 0 bridgehead atoms. The van der Waals surface area contributed by atoms with Crippen LogP contribution < -0.4 is 5.32 Å². The van der Waals surface area contributed by atoms with Gasteiger partial charge in [-0.05, 0) is 25.8 Å². The molecule has 6 nitrogen and oxygen atoms in total. The highest BCUT2D eigenvalue weighted by Crippen LogP contribution is 2.17. The van der Waals surface area contributed by atoms with Gasteiger partial charge in [0.1, 0.15) is 10.6 Å². The number of halogens is 1. The number of ether oxygens (including phenoxy) is 1. The number of rotatable bonds is 3. The molecule has 2 N–H and O–H groups in total. The SMILES string of the molecule is CC1CC(NC(=O)c2cc(S(=O)(=O)Cl)c[nH]2)CCO1. The zero-order valence-electron chi connectivity index (χ0n) is 10.3. The highest BCUT2D eigenvalue weighted by atomic mass is 35.7. The van der Waals surface area contributed by atoms with Crippen LogP contribution in [0.25, 0.3) is 0 Å². The van der Waals surface area contributed by atoms with Gasteiger partial charge in [-0.3, -0.25) is 4.79 Å². The van der Waals surface area contributed by atoms with Crippen molar-refractivity contribution in [1.82, 2.24) is 10.3 Å². The molecule has 0 spiro atoms. The summed E-state index contributed by atoms with van der Waals surface area (Å²) >= 11 is 0. The standard InChI is InChI=1S/C11H15ClN2O4S/c1-7-4-8(2-3-18-7)14-11(15)10-5-9(6-13-10)19(12,16)17/h5-8,13H,2-4H2,1H3,(H,14,15). The zero-order chi connectivity index (χ0) is 14.0. The highest BCUT2D eigenvalue weighted by molar-refractivity contribution is 8.13. The Morgan fingerprint density at radius 1 is 1.58 bits per heavy atom. The van der Waals surface area contributed by atoms with Crippen LogP contribution in [0.1, 0.15) is 30.3 Å². The van der Waals surface area contributed by atoms with Gasteiger partial charge in [0.25, 0.3) is 15.0 Å². The number of carbonyl (C=O) groups excluding carboxylic acids is 1. The van der Waals surface area contributed by atoms with Gasteiger partial charge in [-0.1, -0.05) is 0 Å². The molecule has 1 aromatic rings. The van der Waals surface area contributed by atoms with Crippen LogP contribution in [0.15, 0.2) is 17.2 Å². The quantitative estimate of drug-likeness (QED) is 0.822. The average Bonchev–Trinajstić information content (AvgIpc) is 2.77. The van der Waals surface area contributed by atoms with E-state index in [1.807, 2.05) is 6.92 Å². The van der Waals surface area contributed by atoms with Gasteiger partial charge < -0.3 is 15.0 Å². The molecule has 0 radical (unpaired) electrons. The lowest BCUT2D eigenvalue weighted by atomic mass is 10.0. The lowest BCUT2D eigenvalue weighted by Crippen LogP contribution is -2.41. The number of nitrogens with one attached hydrogen (secondary N) is 2. The van der Waals surface area contributed by atoms with E-state index in [2.05, 4.69) is 10.3 Å². The summed E-state index contributed by atoms with van der Waals surface area (Å²) < 4.78 is 27.6. The topological polar surface area (TPSA) is 88.3 Å². The van der Waals surface area contributed by atoms with Crippen molar-refractivity contribution in [2.45, 2.75) is 36.8 Å². The van der Waals surface area contributed by atoms with Crippen LogP contribution in [0.2, 0.25) is 0 Å². The second kappa shape index (κ2) is 5.52. The lowest BCUT2D eigenvalue weighted by Gasteiger charge is -2.27. The Morgan fingerprint density at radius 3 is 2.89 bits per heavy atom. The highest BCUT2D eigenvalue weighted by Gasteiger charge is 2.22. The molecule has 2 unspecified atom stereocenters. The number of amides is 1. The van der Waals surface area contributed by atoms with Crippen LogP contribution in [0.3, 0.4) is 0 Å². The molecule has 106 valence electrons. The summed E-state index contributed by atoms with van der Waals surface area (Å²) in [5.74, 6) is -0.342. The number of H-pyrrole nitrogens is 1. The Balaban J connectivity index is 2.02. The van der Waals surface area contributed by atoms with Gasteiger partial charge in [-0.2, -0.15) is 0 Å². The minimum Gasteiger partial charge on any atom is -0.378 e. The van der Waals surface area contributed by atoms with E-state index in [-0.39, 0.29) is 28.6 Å². The Kier molecular flexibility index (Phi) is 4.17. The Morgan fingerprint density at radius 2 is 2.32 bits per heavy atom. The smallest absolute Gasteiger partial charge is 0.267 e. The summed E-state index contributed by atoms with van der Waals surface area (Å²) in [7, 11) is 1.38. The normalized spacial score (nSPS) is 24.1. The second-order valence-corrected chi connectivity index (χ2v) is 7.13. The van der Waals surface area contributed by atoms with Crippen LogP contribution in [-0.2, 0) is 13.8 Å². The third-order valence-electron chi connectivity index (χ3n) is 3.00. The number of carbonyl (C=O) groups is 1. The van der Waals surface area contributed by atoms with Crippen molar-refractivity contribution in [2.75, 3.05) is 6.61 Å². The molecule has 1 saturated heterocycles. The average molecular weight is 307 g/mol. The van der Waals surface area contributed by atoms with E-state index in [9.17, 15) is 13.2 Å². The maximum atomic E-state index is 11.9. The predicted octanol–water partition coefficient (Wildman–Crippen LogP) is 1.24. The van der Waals surface area contributed by atoms with Crippen molar-refractivity contribution in [2.24, 2.45) is 0 Å². The van der Waals surface area contributed by atoms with Gasteiger partial charge >= 0.3 is 0 Å². The number of hydrogen-bond donors (Lipinski definition) is 2. The fourth-order valence-electron chi connectivity index (χ4n) is 2.04. The van der Waals surface area contributed by atoms with Crippen LogP contribution in [0, 0.1) is 0 Å². The summed E-state index contributed by atoms with van der Waals surface area (Å²) in [6.07, 6.45) is 2.80. The third kappa shape index (κ3) is 3.71. The Bertz CT molecular complexity index is 569. The van der Waals surface area contributed by atoms with Crippen LogP contribution in [-0.4, -0.2) is 38.1 Å². The molecule has 8 heteroatoms. The van der Waals surface area contributed by atoms with Gasteiger partial charge in [0.2, 0.25) is 0 Å². The van der Waals surface area contributed by atoms with E-state index in [1.54, 1.807) is 0 Å². The molecule has 19 heavy (non-hydrogen) atoms. The molecule has 0 aromatic carbocycles. The van der Waals surface area contributed by atoms with Gasteiger partial charge in [0.15, 0.2) is 0 Å². The lowest BCUT2D eigenvalue weighted by molar-refractivity contribution is 0.0136. The molecule has 1 fully saturated rings. The van der Waals surface area contributed by atoms with Gasteiger partial charge in [0, 0.05) is 29.5 Å². The first-order valence-electron chi connectivity index (χ1n) is 5.92. The molecule has 0 aliphatic carbocycles.